The van der Waals surface area contributed by atoms with Crippen molar-refractivity contribution in [2.24, 2.45) is 0 Å². The van der Waals surface area contributed by atoms with Gasteiger partial charge in [0.1, 0.15) is 11.2 Å². The Bertz CT molecular complexity index is 1290. The van der Waals surface area contributed by atoms with Gasteiger partial charge in [0.15, 0.2) is 0 Å². The Hall–Kier alpha value is -2.50. The smallest absolute Gasteiger partial charge is 0.115 e. The summed E-state index contributed by atoms with van der Waals surface area (Å²) in [6.07, 6.45) is 0. The minimum atomic E-state index is -1.27. The standard InChI is InChI=1S/C30H28O2S2/c1-19-9-5-11-21(17-19)33-25-15-7-13-23-27(25)30(4,32)28-24(29(23,3)31)14-8-16-26(28)34-22-12-6-10-20(2)18-22/h5-18,31-32H,1-4H3. The summed E-state index contributed by atoms with van der Waals surface area (Å²) in [6, 6.07) is 28.6. The van der Waals surface area contributed by atoms with E-state index >= 15 is 0 Å². The SMILES string of the molecule is Cc1cccc(Sc2cccc3c2C(C)(O)c2c(Sc4cccc(C)c4)cccc2C3(C)O)c1. The predicted molar refractivity (Wildman–Crippen MR) is 141 cm³/mol. The lowest BCUT2D eigenvalue weighted by atomic mass is 9.69. The Labute approximate surface area is 210 Å². The average Bonchev–Trinajstić information content (AvgIpc) is 2.78. The number of hydrogen-bond donors (Lipinski definition) is 2. The molecule has 0 saturated carbocycles. The Morgan fingerprint density at radius 3 is 1.38 bits per heavy atom. The van der Waals surface area contributed by atoms with Gasteiger partial charge in [-0.3, -0.25) is 0 Å². The van der Waals surface area contributed by atoms with E-state index in [1.54, 1.807) is 23.5 Å². The van der Waals surface area contributed by atoms with Crippen LogP contribution in [-0.4, -0.2) is 10.2 Å². The maximum Gasteiger partial charge on any atom is 0.115 e. The highest BCUT2D eigenvalue weighted by Crippen LogP contribution is 2.54. The van der Waals surface area contributed by atoms with Crippen molar-refractivity contribution in [1.82, 2.24) is 0 Å². The van der Waals surface area contributed by atoms with E-state index in [2.05, 4.69) is 50.2 Å². The van der Waals surface area contributed by atoms with E-state index < -0.39 is 11.2 Å². The molecule has 4 aromatic rings. The highest BCUT2D eigenvalue weighted by Gasteiger charge is 2.47. The molecular formula is C30H28O2S2. The first-order chi connectivity index (χ1) is 16.2. The van der Waals surface area contributed by atoms with Crippen LogP contribution in [0.15, 0.2) is 105 Å². The third-order valence-corrected chi connectivity index (χ3v) is 8.61. The fourth-order valence-electron chi connectivity index (χ4n) is 4.93. The lowest BCUT2D eigenvalue weighted by Gasteiger charge is -2.43. The summed E-state index contributed by atoms with van der Waals surface area (Å²) < 4.78 is 0. The summed E-state index contributed by atoms with van der Waals surface area (Å²) >= 11 is 3.26. The Morgan fingerprint density at radius 1 is 0.559 bits per heavy atom. The van der Waals surface area contributed by atoms with Gasteiger partial charge in [-0.05, 0) is 75.2 Å². The van der Waals surface area contributed by atoms with E-state index in [-0.39, 0.29) is 0 Å². The zero-order chi connectivity index (χ0) is 24.1. The third-order valence-electron chi connectivity index (χ3n) is 6.51. The van der Waals surface area contributed by atoms with Gasteiger partial charge in [-0.2, -0.15) is 0 Å². The van der Waals surface area contributed by atoms with Gasteiger partial charge in [0, 0.05) is 30.7 Å². The van der Waals surface area contributed by atoms with Crippen molar-refractivity contribution in [2.75, 3.05) is 0 Å². The second kappa shape index (κ2) is 8.62. The van der Waals surface area contributed by atoms with Crippen LogP contribution in [0.4, 0.5) is 0 Å². The molecule has 2 N–H and O–H groups in total. The van der Waals surface area contributed by atoms with Crippen molar-refractivity contribution in [1.29, 1.82) is 0 Å². The van der Waals surface area contributed by atoms with Crippen LogP contribution in [-0.2, 0) is 11.2 Å². The van der Waals surface area contributed by atoms with Crippen molar-refractivity contribution in [2.45, 2.75) is 58.5 Å². The molecule has 4 heteroatoms. The minimum Gasteiger partial charge on any atom is -0.381 e. The predicted octanol–water partition coefficient (Wildman–Crippen LogP) is 7.43. The van der Waals surface area contributed by atoms with E-state index in [1.807, 2.05) is 62.4 Å². The summed E-state index contributed by atoms with van der Waals surface area (Å²) in [6.45, 7) is 7.86. The number of hydrogen-bond acceptors (Lipinski definition) is 4. The summed E-state index contributed by atoms with van der Waals surface area (Å²) in [4.78, 5) is 4.12. The Kier molecular flexibility index (Phi) is 5.89. The average molecular weight is 485 g/mol. The molecule has 1 aliphatic rings. The van der Waals surface area contributed by atoms with Gasteiger partial charge in [-0.1, -0.05) is 83.2 Å². The topological polar surface area (TPSA) is 40.5 Å². The van der Waals surface area contributed by atoms with Crippen LogP contribution in [0.2, 0.25) is 0 Å². The zero-order valence-corrected chi connectivity index (χ0v) is 21.4. The first-order valence-electron chi connectivity index (χ1n) is 11.4. The number of aliphatic hydroxyl groups is 2. The molecule has 0 spiro atoms. The maximum atomic E-state index is 12.2. The first-order valence-corrected chi connectivity index (χ1v) is 13.0. The van der Waals surface area contributed by atoms with Crippen molar-refractivity contribution in [3.05, 3.63) is 118 Å². The molecule has 1 aliphatic carbocycles. The van der Waals surface area contributed by atoms with Gasteiger partial charge >= 0.3 is 0 Å². The van der Waals surface area contributed by atoms with Crippen LogP contribution < -0.4 is 0 Å². The Balaban J connectivity index is 1.69. The molecule has 0 amide bonds. The fourth-order valence-corrected chi connectivity index (χ4v) is 7.34. The van der Waals surface area contributed by atoms with E-state index in [9.17, 15) is 10.2 Å². The summed E-state index contributed by atoms with van der Waals surface area (Å²) in [5.41, 5.74) is 2.94. The van der Waals surface area contributed by atoms with Crippen LogP contribution in [0.5, 0.6) is 0 Å². The molecule has 0 saturated heterocycles. The molecule has 4 aromatic carbocycles. The monoisotopic (exact) mass is 484 g/mol. The van der Waals surface area contributed by atoms with Gasteiger partial charge in [-0.15, -0.1) is 0 Å². The van der Waals surface area contributed by atoms with Gasteiger partial charge in [-0.25, -0.2) is 0 Å². The normalized spacial score (nSPS) is 21.1. The van der Waals surface area contributed by atoms with E-state index in [1.165, 1.54) is 11.1 Å². The summed E-state index contributed by atoms with van der Waals surface area (Å²) in [5.74, 6) is 0. The molecular weight excluding hydrogens is 456 g/mol. The summed E-state index contributed by atoms with van der Waals surface area (Å²) in [5, 5.41) is 24.1. The second-order valence-corrected chi connectivity index (χ2v) is 11.6. The summed E-state index contributed by atoms with van der Waals surface area (Å²) in [7, 11) is 0. The highest BCUT2D eigenvalue weighted by molar-refractivity contribution is 7.99. The molecule has 2 nitrogen and oxygen atoms in total. The van der Waals surface area contributed by atoms with Gasteiger partial charge < -0.3 is 10.2 Å². The van der Waals surface area contributed by atoms with Gasteiger partial charge in [0.2, 0.25) is 0 Å². The molecule has 0 unspecified atom stereocenters. The third kappa shape index (κ3) is 3.99. The molecule has 34 heavy (non-hydrogen) atoms. The van der Waals surface area contributed by atoms with Gasteiger partial charge in [0.25, 0.3) is 0 Å². The van der Waals surface area contributed by atoms with Crippen LogP contribution in [0.1, 0.15) is 47.2 Å². The number of fused-ring (bicyclic) bond motifs is 2. The molecule has 0 heterocycles. The Morgan fingerprint density at radius 2 is 0.971 bits per heavy atom. The highest BCUT2D eigenvalue weighted by atomic mass is 32.2. The van der Waals surface area contributed by atoms with Crippen molar-refractivity contribution < 1.29 is 10.2 Å². The molecule has 0 aromatic heterocycles. The van der Waals surface area contributed by atoms with Crippen LogP contribution in [0.25, 0.3) is 0 Å². The number of aryl methyl sites for hydroxylation is 2. The minimum absolute atomic E-state index is 0.750. The van der Waals surface area contributed by atoms with Gasteiger partial charge in [0.05, 0.1) is 0 Å². The van der Waals surface area contributed by atoms with E-state index in [0.717, 1.165) is 41.8 Å². The van der Waals surface area contributed by atoms with E-state index in [0.29, 0.717) is 0 Å². The quantitative estimate of drug-likeness (QED) is 0.316. The van der Waals surface area contributed by atoms with Crippen LogP contribution in [0, 0.1) is 13.8 Å². The zero-order valence-electron chi connectivity index (χ0n) is 19.8. The fraction of sp³-hybridized carbons (Fsp3) is 0.200. The first kappa shape index (κ1) is 23.3. The lowest BCUT2D eigenvalue weighted by Crippen LogP contribution is -2.40. The van der Waals surface area contributed by atoms with E-state index in [4.69, 9.17) is 0 Å². The largest absolute Gasteiger partial charge is 0.381 e. The van der Waals surface area contributed by atoms with Crippen LogP contribution >= 0.6 is 23.5 Å². The van der Waals surface area contributed by atoms with Crippen molar-refractivity contribution >= 4 is 23.5 Å². The van der Waals surface area contributed by atoms with Crippen molar-refractivity contribution in [3.63, 3.8) is 0 Å². The number of rotatable bonds is 4. The molecule has 172 valence electrons. The molecule has 0 radical (unpaired) electrons. The molecule has 0 atom stereocenters. The second-order valence-electron chi connectivity index (χ2n) is 9.34. The maximum absolute atomic E-state index is 12.2. The van der Waals surface area contributed by atoms with Crippen LogP contribution in [0.3, 0.4) is 0 Å². The molecule has 5 rings (SSSR count). The molecule has 0 fully saturated rings. The molecule has 0 aliphatic heterocycles. The lowest BCUT2D eigenvalue weighted by molar-refractivity contribution is 0.0465. The van der Waals surface area contributed by atoms with Crippen molar-refractivity contribution in [3.8, 4) is 0 Å². The number of benzene rings is 4. The molecule has 0 bridgehead atoms.